The van der Waals surface area contributed by atoms with E-state index < -0.39 is 27.4 Å². The summed E-state index contributed by atoms with van der Waals surface area (Å²) in [6.45, 7) is 7.15. The number of rotatable bonds is 8. The highest BCUT2D eigenvalue weighted by Crippen LogP contribution is 2.14. The predicted molar refractivity (Wildman–Crippen MR) is 110 cm³/mol. The minimum atomic E-state index is -3.68. The Balaban J connectivity index is 2.76. The molecule has 0 spiro atoms. The van der Waals surface area contributed by atoms with E-state index >= 15 is 0 Å². The van der Waals surface area contributed by atoms with Gasteiger partial charge in [0.2, 0.25) is 21.8 Å². The third kappa shape index (κ3) is 7.47. The lowest BCUT2D eigenvalue weighted by atomic mass is 10.1. The van der Waals surface area contributed by atoms with E-state index in [1.807, 2.05) is 20.8 Å². The van der Waals surface area contributed by atoms with E-state index in [0.29, 0.717) is 6.54 Å². The van der Waals surface area contributed by atoms with Gasteiger partial charge in [0.05, 0.1) is 18.0 Å². The van der Waals surface area contributed by atoms with Crippen molar-refractivity contribution < 1.29 is 22.8 Å². The number of likely N-dealkylation sites (N-methyl/N-ethyl adjacent to an activating group) is 1. The molecule has 10 heteroatoms. The first-order chi connectivity index (χ1) is 13.3. The fourth-order valence-electron chi connectivity index (χ4n) is 2.39. The number of nitrogens with zero attached hydrogens (tertiary/aromatic N) is 2. The number of carbonyl (C=O) groups excluding carboxylic acids is 3. The van der Waals surface area contributed by atoms with Crippen molar-refractivity contribution in [1.82, 2.24) is 19.8 Å². The fraction of sp³-hybridized carbons (Fsp3) is 0.526. The Hall–Kier alpha value is -2.46. The van der Waals surface area contributed by atoms with Crippen molar-refractivity contribution in [3.8, 4) is 0 Å². The van der Waals surface area contributed by atoms with Gasteiger partial charge in [0.15, 0.2) is 0 Å². The molecule has 1 aromatic carbocycles. The van der Waals surface area contributed by atoms with Gasteiger partial charge in [0, 0.05) is 31.7 Å². The summed E-state index contributed by atoms with van der Waals surface area (Å²) in [7, 11) is -0.879. The van der Waals surface area contributed by atoms with Gasteiger partial charge in [-0.25, -0.2) is 12.7 Å². The van der Waals surface area contributed by atoms with Gasteiger partial charge in [0.1, 0.15) is 0 Å². The van der Waals surface area contributed by atoms with Gasteiger partial charge < -0.3 is 15.5 Å². The van der Waals surface area contributed by atoms with Crippen LogP contribution in [0.5, 0.6) is 0 Å². The molecule has 0 unspecified atom stereocenters. The van der Waals surface area contributed by atoms with Gasteiger partial charge in [-0.3, -0.25) is 14.4 Å². The molecule has 0 aliphatic heterocycles. The van der Waals surface area contributed by atoms with Crippen LogP contribution in [0.25, 0.3) is 0 Å². The summed E-state index contributed by atoms with van der Waals surface area (Å²) in [4.78, 5) is 38.0. The second-order valence-corrected chi connectivity index (χ2v) is 9.86. The summed E-state index contributed by atoms with van der Waals surface area (Å²) in [5, 5.41) is 5.25. The third-order valence-electron chi connectivity index (χ3n) is 3.86. The molecule has 0 aromatic heterocycles. The van der Waals surface area contributed by atoms with Crippen LogP contribution in [0.3, 0.4) is 0 Å². The highest BCUT2D eigenvalue weighted by molar-refractivity contribution is 7.89. The Labute approximate surface area is 172 Å². The van der Waals surface area contributed by atoms with Crippen LogP contribution in [0.4, 0.5) is 0 Å². The third-order valence-corrected chi connectivity index (χ3v) is 5.67. The van der Waals surface area contributed by atoms with Crippen molar-refractivity contribution in [3.63, 3.8) is 0 Å². The van der Waals surface area contributed by atoms with Crippen LogP contribution >= 0.6 is 0 Å². The molecule has 0 heterocycles. The molecule has 0 radical (unpaired) electrons. The predicted octanol–water partition coefficient (Wildman–Crippen LogP) is 0.430. The second kappa shape index (κ2) is 9.84. The molecule has 3 amide bonds. The van der Waals surface area contributed by atoms with E-state index in [2.05, 4.69) is 10.6 Å². The number of benzene rings is 1. The zero-order valence-corrected chi connectivity index (χ0v) is 18.6. The maximum absolute atomic E-state index is 12.4. The van der Waals surface area contributed by atoms with Crippen molar-refractivity contribution >= 4 is 27.7 Å². The number of nitrogens with one attached hydrogen (secondary N) is 2. The molecule has 0 atom stereocenters. The van der Waals surface area contributed by atoms with Gasteiger partial charge in [0.25, 0.3) is 5.91 Å². The Kier molecular flexibility index (Phi) is 8.34. The van der Waals surface area contributed by atoms with Crippen LogP contribution in [0.1, 0.15) is 38.1 Å². The summed E-state index contributed by atoms with van der Waals surface area (Å²) in [6.07, 6.45) is 0. The summed E-state index contributed by atoms with van der Waals surface area (Å²) in [5.74, 6) is -1.29. The van der Waals surface area contributed by atoms with Crippen molar-refractivity contribution in [3.05, 3.63) is 29.8 Å². The summed E-state index contributed by atoms with van der Waals surface area (Å²) in [5.41, 5.74) is -0.291. The maximum atomic E-state index is 12.4. The monoisotopic (exact) mass is 426 g/mol. The van der Waals surface area contributed by atoms with Crippen molar-refractivity contribution in [2.45, 2.75) is 38.1 Å². The molecule has 2 N–H and O–H groups in total. The zero-order chi connectivity index (χ0) is 22.4. The molecule has 0 fully saturated rings. The minimum absolute atomic E-state index is 0.0180. The zero-order valence-electron chi connectivity index (χ0n) is 17.8. The highest BCUT2D eigenvalue weighted by atomic mass is 32.2. The average Bonchev–Trinajstić information content (AvgIpc) is 2.62. The largest absolute Gasteiger partial charge is 0.350 e. The summed E-state index contributed by atoms with van der Waals surface area (Å²) < 4.78 is 25.4. The lowest BCUT2D eigenvalue weighted by molar-refractivity contribution is -0.135. The average molecular weight is 427 g/mol. The number of sulfonamides is 1. The number of amides is 3. The standard InChI is InChI=1S/C19H30N4O5S/c1-7-23(13-16(24)21-19(2,3)4)17(25)12-20-18(26)14-9-8-10-15(11-14)29(27,28)22(5)6/h8-11H,7,12-13H2,1-6H3,(H,20,26)(H,21,24). The smallest absolute Gasteiger partial charge is 0.251 e. The normalized spacial score (nSPS) is 11.8. The molecule has 0 bridgehead atoms. The second-order valence-electron chi connectivity index (χ2n) is 7.70. The Bertz CT molecular complexity index is 860. The number of carbonyl (C=O) groups is 3. The van der Waals surface area contributed by atoms with Crippen LogP contribution < -0.4 is 10.6 Å². The van der Waals surface area contributed by atoms with Gasteiger partial charge in [-0.1, -0.05) is 6.07 Å². The number of hydrogen-bond acceptors (Lipinski definition) is 5. The van der Waals surface area contributed by atoms with Gasteiger partial charge in [-0.2, -0.15) is 0 Å². The first-order valence-corrected chi connectivity index (χ1v) is 10.6. The maximum Gasteiger partial charge on any atom is 0.251 e. The van der Waals surface area contributed by atoms with E-state index in [1.54, 1.807) is 6.92 Å². The van der Waals surface area contributed by atoms with Crippen molar-refractivity contribution in [2.24, 2.45) is 0 Å². The van der Waals surface area contributed by atoms with Crippen molar-refractivity contribution in [1.29, 1.82) is 0 Å². The lowest BCUT2D eigenvalue weighted by Crippen LogP contribution is -2.49. The van der Waals surface area contributed by atoms with Crippen LogP contribution in [0.2, 0.25) is 0 Å². The van der Waals surface area contributed by atoms with Gasteiger partial charge in [-0.15, -0.1) is 0 Å². The Morgan fingerprint density at radius 1 is 1.10 bits per heavy atom. The van der Waals surface area contributed by atoms with E-state index in [4.69, 9.17) is 0 Å². The van der Waals surface area contributed by atoms with E-state index in [-0.39, 0.29) is 29.5 Å². The molecule has 0 aliphatic rings. The Morgan fingerprint density at radius 3 is 2.24 bits per heavy atom. The van der Waals surface area contributed by atoms with E-state index in [0.717, 1.165) is 4.31 Å². The van der Waals surface area contributed by atoms with Gasteiger partial charge in [-0.05, 0) is 45.9 Å². The molecule has 1 rings (SSSR count). The summed E-state index contributed by atoms with van der Waals surface area (Å²) >= 11 is 0. The van der Waals surface area contributed by atoms with E-state index in [9.17, 15) is 22.8 Å². The lowest BCUT2D eigenvalue weighted by Gasteiger charge is -2.25. The fourth-order valence-corrected chi connectivity index (χ4v) is 3.33. The Morgan fingerprint density at radius 2 is 1.72 bits per heavy atom. The molecule has 0 aliphatic carbocycles. The van der Waals surface area contributed by atoms with Crippen LogP contribution in [-0.2, 0) is 19.6 Å². The van der Waals surface area contributed by atoms with Crippen LogP contribution in [0.15, 0.2) is 29.2 Å². The van der Waals surface area contributed by atoms with E-state index in [1.165, 1.54) is 43.3 Å². The molecular weight excluding hydrogens is 396 g/mol. The minimum Gasteiger partial charge on any atom is -0.350 e. The highest BCUT2D eigenvalue weighted by Gasteiger charge is 2.21. The van der Waals surface area contributed by atoms with Gasteiger partial charge >= 0.3 is 0 Å². The quantitative estimate of drug-likeness (QED) is 0.625. The molecule has 0 saturated heterocycles. The SMILES string of the molecule is CCN(CC(=O)NC(C)(C)C)C(=O)CNC(=O)c1cccc(S(=O)(=O)N(C)C)c1. The van der Waals surface area contributed by atoms with Crippen LogP contribution in [-0.4, -0.2) is 74.6 Å². The molecule has 162 valence electrons. The molecule has 9 nitrogen and oxygen atoms in total. The molecule has 29 heavy (non-hydrogen) atoms. The molecule has 0 saturated carbocycles. The molecular formula is C19H30N4O5S. The topological polar surface area (TPSA) is 116 Å². The number of hydrogen-bond donors (Lipinski definition) is 2. The molecule has 1 aromatic rings. The first-order valence-electron chi connectivity index (χ1n) is 9.17. The van der Waals surface area contributed by atoms with Crippen molar-refractivity contribution in [2.75, 3.05) is 33.7 Å². The van der Waals surface area contributed by atoms with Crippen LogP contribution in [0, 0.1) is 0 Å². The first kappa shape index (κ1) is 24.6. The summed E-state index contributed by atoms with van der Waals surface area (Å²) in [6, 6.07) is 5.57.